The van der Waals surface area contributed by atoms with Crippen LogP contribution < -0.4 is 5.73 Å². The van der Waals surface area contributed by atoms with Crippen LogP contribution in [0.5, 0.6) is 0 Å². The summed E-state index contributed by atoms with van der Waals surface area (Å²) in [6.45, 7) is 4.15. The molecule has 16 heavy (non-hydrogen) atoms. The Morgan fingerprint density at radius 1 is 1.50 bits per heavy atom. The molecule has 1 aromatic heterocycles. The Labute approximate surface area is 96.5 Å². The lowest BCUT2D eigenvalue weighted by Crippen LogP contribution is -2.36. The number of carbonyl (C=O) groups excluding carboxylic acids is 1. The number of rotatable bonds is 4. The van der Waals surface area contributed by atoms with E-state index >= 15 is 0 Å². The van der Waals surface area contributed by atoms with E-state index in [1.165, 1.54) is 0 Å². The van der Waals surface area contributed by atoms with E-state index in [0.29, 0.717) is 11.4 Å². The van der Waals surface area contributed by atoms with Crippen molar-refractivity contribution in [3.63, 3.8) is 0 Å². The second kappa shape index (κ2) is 5.49. The van der Waals surface area contributed by atoms with Gasteiger partial charge in [-0.15, -0.1) is 0 Å². The highest BCUT2D eigenvalue weighted by molar-refractivity contribution is 5.93. The van der Waals surface area contributed by atoms with Crippen molar-refractivity contribution in [3.8, 4) is 0 Å². The minimum Gasteiger partial charge on any atom is -0.399 e. The zero-order valence-electron chi connectivity index (χ0n) is 10.1. The largest absolute Gasteiger partial charge is 0.399 e. The SMILES string of the molecule is CCC(CC)N(C)C(=O)c1cc(N)ccn1. The van der Waals surface area contributed by atoms with E-state index in [-0.39, 0.29) is 11.9 Å². The summed E-state index contributed by atoms with van der Waals surface area (Å²) in [5.74, 6) is -0.0685. The fraction of sp³-hybridized carbons (Fsp3) is 0.500. The molecule has 0 aliphatic rings. The van der Waals surface area contributed by atoms with E-state index in [1.807, 2.05) is 7.05 Å². The molecular formula is C12H19N3O. The predicted octanol–water partition coefficient (Wildman–Crippen LogP) is 1.92. The summed E-state index contributed by atoms with van der Waals surface area (Å²) in [5.41, 5.74) is 6.60. The first kappa shape index (κ1) is 12.5. The first-order chi connectivity index (χ1) is 7.60. The lowest BCUT2D eigenvalue weighted by atomic mass is 10.1. The lowest BCUT2D eigenvalue weighted by molar-refractivity contribution is 0.0718. The molecule has 1 heterocycles. The zero-order chi connectivity index (χ0) is 12.1. The summed E-state index contributed by atoms with van der Waals surface area (Å²) in [5, 5.41) is 0. The smallest absolute Gasteiger partial charge is 0.272 e. The van der Waals surface area contributed by atoms with Gasteiger partial charge < -0.3 is 10.6 Å². The zero-order valence-corrected chi connectivity index (χ0v) is 10.1. The Morgan fingerprint density at radius 3 is 2.62 bits per heavy atom. The van der Waals surface area contributed by atoms with Crippen LogP contribution >= 0.6 is 0 Å². The predicted molar refractivity (Wildman–Crippen MR) is 65.1 cm³/mol. The Balaban J connectivity index is 2.85. The van der Waals surface area contributed by atoms with Crippen LogP contribution in [0, 0.1) is 0 Å². The lowest BCUT2D eigenvalue weighted by Gasteiger charge is -2.25. The van der Waals surface area contributed by atoms with Gasteiger partial charge in [0, 0.05) is 25.0 Å². The number of nitrogens with zero attached hydrogens (tertiary/aromatic N) is 2. The number of hydrogen-bond donors (Lipinski definition) is 1. The molecule has 0 fully saturated rings. The maximum absolute atomic E-state index is 12.1. The van der Waals surface area contributed by atoms with E-state index in [2.05, 4.69) is 18.8 Å². The van der Waals surface area contributed by atoms with Crippen LogP contribution in [0.3, 0.4) is 0 Å². The van der Waals surface area contributed by atoms with Crippen LogP contribution in [0.15, 0.2) is 18.3 Å². The van der Waals surface area contributed by atoms with Crippen LogP contribution in [-0.2, 0) is 0 Å². The highest BCUT2D eigenvalue weighted by atomic mass is 16.2. The fourth-order valence-corrected chi connectivity index (χ4v) is 1.75. The summed E-state index contributed by atoms with van der Waals surface area (Å²) in [7, 11) is 1.81. The minimum atomic E-state index is -0.0685. The summed E-state index contributed by atoms with van der Waals surface area (Å²) < 4.78 is 0. The maximum Gasteiger partial charge on any atom is 0.272 e. The number of nitrogens with two attached hydrogens (primary N) is 1. The van der Waals surface area contributed by atoms with Crippen LogP contribution in [0.25, 0.3) is 0 Å². The molecule has 0 aromatic carbocycles. The van der Waals surface area contributed by atoms with Crippen molar-refractivity contribution in [2.24, 2.45) is 0 Å². The van der Waals surface area contributed by atoms with Crippen molar-refractivity contribution in [2.45, 2.75) is 32.7 Å². The van der Waals surface area contributed by atoms with Crippen molar-refractivity contribution >= 4 is 11.6 Å². The quantitative estimate of drug-likeness (QED) is 0.845. The normalized spacial score (nSPS) is 10.5. The molecule has 2 N–H and O–H groups in total. The number of hydrogen-bond acceptors (Lipinski definition) is 3. The Hall–Kier alpha value is -1.58. The highest BCUT2D eigenvalue weighted by Crippen LogP contribution is 2.11. The van der Waals surface area contributed by atoms with Gasteiger partial charge in [0.1, 0.15) is 5.69 Å². The van der Waals surface area contributed by atoms with E-state index < -0.39 is 0 Å². The number of carbonyl (C=O) groups is 1. The summed E-state index contributed by atoms with van der Waals surface area (Å²) in [4.78, 5) is 17.8. The average molecular weight is 221 g/mol. The molecule has 0 saturated carbocycles. The van der Waals surface area contributed by atoms with Gasteiger partial charge in [-0.05, 0) is 25.0 Å². The van der Waals surface area contributed by atoms with Crippen molar-refractivity contribution in [1.82, 2.24) is 9.88 Å². The van der Waals surface area contributed by atoms with Crippen molar-refractivity contribution < 1.29 is 4.79 Å². The molecule has 4 heteroatoms. The third-order valence-corrected chi connectivity index (χ3v) is 2.81. The van der Waals surface area contributed by atoms with Gasteiger partial charge in [-0.2, -0.15) is 0 Å². The molecule has 1 amide bonds. The Bertz CT molecular complexity index is 361. The molecular weight excluding hydrogens is 202 g/mol. The molecule has 0 atom stereocenters. The van der Waals surface area contributed by atoms with Gasteiger partial charge in [0.15, 0.2) is 0 Å². The topological polar surface area (TPSA) is 59.2 Å². The molecule has 1 aromatic rings. The molecule has 0 radical (unpaired) electrons. The van der Waals surface area contributed by atoms with Crippen molar-refractivity contribution in [2.75, 3.05) is 12.8 Å². The van der Waals surface area contributed by atoms with E-state index in [9.17, 15) is 4.79 Å². The molecule has 0 saturated heterocycles. The monoisotopic (exact) mass is 221 g/mol. The van der Waals surface area contributed by atoms with Gasteiger partial charge in [0.2, 0.25) is 0 Å². The number of amides is 1. The third kappa shape index (κ3) is 2.72. The van der Waals surface area contributed by atoms with E-state index in [4.69, 9.17) is 5.73 Å². The average Bonchev–Trinajstić information content (AvgIpc) is 2.29. The molecule has 0 aliphatic carbocycles. The summed E-state index contributed by atoms with van der Waals surface area (Å²) in [6.07, 6.45) is 3.45. The number of aromatic nitrogens is 1. The maximum atomic E-state index is 12.1. The first-order valence-corrected chi connectivity index (χ1v) is 5.58. The van der Waals surface area contributed by atoms with Crippen LogP contribution in [0.2, 0.25) is 0 Å². The molecule has 88 valence electrons. The van der Waals surface area contributed by atoms with Crippen LogP contribution in [0.1, 0.15) is 37.2 Å². The molecule has 0 bridgehead atoms. The second-order valence-corrected chi connectivity index (χ2v) is 3.86. The molecule has 0 aliphatic heterocycles. The van der Waals surface area contributed by atoms with Crippen LogP contribution in [-0.4, -0.2) is 28.9 Å². The summed E-state index contributed by atoms with van der Waals surface area (Å²) >= 11 is 0. The fourth-order valence-electron chi connectivity index (χ4n) is 1.75. The van der Waals surface area contributed by atoms with Crippen LogP contribution in [0.4, 0.5) is 5.69 Å². The second-order valence-electron chi connectivity index (χ2n) is 3.86. The number of anilines is 1. The minimum absolute atomic E-state index is 0.0685. The third-order valence-electron chi connectivity index (χ3n) is 2.81. The van der Waals surface area contributed by atoms with Gasteiger partial charge >= 0.3 is 0 Å². The van der Waals surface area contributed by atoms with E-state index in [1.54, 1.807) is 23.2 Å². The molecule has 0 spiro atoms. The van der Waals surface area contributed by atoms with Crippen molar-refractivity contribution in [3.05, 3.63) is 24.0 Å². The number of nitrogen functional groups attached to an aromatic ring is 1. The molecule has 4 nitrogen and oxygen atoms in total. The van der Waals surface area contributed by atoms with E-state index in [0.717, 1.165) is 12.8 Å². The highest BCUT2D eigenvalue weighted by Gasteiger charge is 2.19. The molecule has 1 rings (SSSR count). The van der Waals surface area contributed by atoms with Gasteiger partial charge in [-0.25, -0.2) is 0 Å². The number of pyridine rings is 1. The van der Waals surface area contributed by atoms with Gasteiger partial charge in [-0.3, -0.25) is 9.78 Å². The van der Waals surface area contributed by atoms with Crippen molar-refractivity contribution in [1.29, 1.82) is 0 Å². The first-order valence-electron chi connectivity index (χ1n) is 5.58. The standard InChI is InChI=1S/C12H19N3O/c1-4-10(5-2)15(3)12(16)11-8-9(13)6-7-14-11/h6-8,10H,4-5H2,1-3H3,(H2,13,14). The van der Waals surface area contributed by atoms with Gasteiger partial charge in [0.25, 0.3) is 5.91 Å². The van der Waals surface area contributed by atoms with Gasteiger partial charge in [0.05, 0.1) is 0 Å². The summed E-state index contributed by atoms with van der Waals surface area (Å²) in [6, 6.07) is 3.55. The molecule has 0 unspecified atom stereocenters. The Kier molecular flexibility index (Phi) is 4.28. The Morgan fingerprint density at radius 2 is 2.12 bits per heavy atom. The van der Waals surface area contributed by atoms with Gasteiger partial charge in [-0.1, -0.05) is 13.8 Å².